The van der Waals surface area contributed by atoms with Crippen molar-refractivity contribution in [2.75, 3.05) is 0 Å². The van der Waals surface area contributed by atoms with E-state index in [-0.39, 0.29) is 5.92 Å². The Morgan fingerprint density at radius 1 is 1.00 bits per heavy atom. The SMILES string of the molecule is CC(C)OC(F)(F)C(C)(C)C(C)C. The van der Waals surface area contributed by atoms with Gasteiger partial charge < -0.3 is 4.74 Å². The number of rotatable bonds is 4. The zero-order valence-corrected chi connectivity index (χ0v) is 9.32. The van der Waals surface area contributed by atoms with Crippen LogP contribution in [0.3, 0.4) is 0 Å². The van der Waals surface area contributed by atoms with Gasteiger partial charge in [0.15, 0.2) is 0 Å². The second kappa shape index (κ2) is 3.91. The van der Waals surface area contributed by atoms with Crippen LogP contribution in [-0.4, -0.2) is 12.2 Å². The van der Waals surface area contributed by atoms with Crippen molar-refractivity contribution in [1.82, 2.24) is 0 Å². The third-order valence-electron chi connectivity index (χ3n) is 2.58. The average molecular weight is 194 g/mol. The standard InChI is InChI=1S/C10H20F2O/c1-7(2)9(5,6)10(11,12)13-8(3)4/h7-8H,1-6H3. The maximum absolute atomic E-state index is 13.5. The lowest BCUT2D eigenvalue weighted by molar-refractivity contribution is -0.322. The van der Waals surface area contributed by atoms with E-state index < -0.39 is 17.6 Å². The van der Waals surface area contributed by atoms with Crippen molar-refractivity contribution in [3.8, 4) is 0 Å². The largest absolute Gasteiger partial charge is 0.361 e. The number of alkyl halides is 2. The van der Waals surface area contributed by atoms with Gasteiger partial charge in [0, 0.05) is 0 Å². The van der Waals surface area contributed by atoms with Gasteiger partial charge in [-0.05, 0) is 19.8 Å². The number of ether oxygens (including phenoxy) is 1. The molecule has 0 saturated carbocycles. The van der Waals surface area contributed by atoms with Crippen molar-refractivity contribution in [3.63, 3.8) is 0 Å². The normalized spacial score (nSPS) is 14.3. The van der Waals surface area contributed by atoms with Crippen molar-refractivity contribution in [3.05, 3.63) is 0 Å². The second-order valence-electron chi connectivity index (χ2n) is 4.56. The molecule has 13 heavy (non-hydrogen) atoms. The zero-order valence-electron chi connectivity index (χ0n) is 9.32. The van der Waals surface area contributed by atoms with Gasteiger partial charge in [0.25, 0.3) is 0 Å². The molecule has 0 radical (unpaired) electrons. The summed E-state index contributed by atoms with van der Waals surface area (Å²) in [6.45, 7) is 9.84. The van der Waals surface area contributed by atoms with E-state index in [1.54, 1.807) is 27.7 Å². The smallest absolute Gasteiger partial charge is 0.317 e. The zero-order chi connectivity index (χ0) is 10.9. The topological polar surface area (TPSA) is 9.23 Å². The highest BCUT2D eigenvalue weighted by Crippen LogP contribution is 2.43. The fraction of sp³-hybridized carbons (Fsp3) is 1.00. The lowest BCUT2D eigenvalue weighted by atomic mass is 9.80. The van der Waals surface area contributed by atoms with E-state index in [0.29, 0.717) is 0 Å². The van der Waals surface area contributed by atoms with Crippen LogP contribution < -0.4 is 0 Å². The van der Waals surface area contributed by atoms with Crippen LogP contribution in [0, 0.1) is 11.3 Å². The van der Waals surface area contributed by atoms with Crippen molar-refractivity contribution in [2.24, 2.45) is 11.3 Å². The van der Waals surface area contributed by atoms with Crippen LogP contribution in [-0.2, 0) is 4.74 Å². The Bertz CT molecular complexity index is 162. The highest BCUT2D eigenvalue weighted by atomic mass is 19.3. The van der Waals surface area contributed by atoms with Gasteiger partial charge in [0.05, 0.1) is 11.5 Å². The summed E-state index contributed by atoms with van der Waals surface area (Å²) >= 11 is 0. The van der Waals surface area contributed by atoms with E-state index in [1.165, 1.54) is 13.8 Å². The monoisotopic (exact) mass is 194 g/mol. The minimum atomic E-state index is -3.06. The van der Waals surface area contributed by atoms with Gasteiger partial charge in [0.1, 0.15) is 0 Å². The molecule has 0 heterocycles. The van der Waals surface area contributed by atoms with E-state index in [9.17, 15) is 8.78 Å². The quantitative estimate of drug-likeness (QED) is 0.663. The highest BCUT2D eigenvalue weighted by molar-refractivity contribution is 4.81. The molecule has 0 atom stereocenters. The van der Waals surface area contributed by atoms with Crippen molar-refractivity contribution >= 4 is 0 Å². The van der Waals surface area contributed by atoms with Crippen molar-refractivity contribution in [2.45, 2.75) is 53.8 Å². The Labute approximate surface area is 79.5 Å². The Balaban J connectivity index is 4.60. The Hall–Kier alpha value is -0.180. The van der Waals surface area contributed by atoms with Crippen LogP contribution >= 0.6 is 0 Å². The molecule has 0 amide bonds. The molecule has 0 aliphatic rings. The molecule has 0 aromatic carbocycles. The molecule has 0 saturated heterocycles. The van der Waals surface area contributed by atoms with Gasteiger partial charge in [0.2, 0.25) is 0 Å². The minimum Gasteiger partial charge on any atom is -0.317 e. The summed E-state index contributed by atoms with van der Waals surface area (Å²) in [7, 11) is 0. The molecule has 0 fully saturated rings. The number of halogens is 2. The molecule has 0 bridgehead atoms. The lowest BCUT2D eigenvalue weighted by Gasteiger charge is -2.37. The third-order valence-corrected chi connectivity index (χ3v) is 2.58. The molecular formula is C10H20F2O. The summed E-state index contributed by atoms with van der Waals surface area (Å²) in [5, 5.41) is 0. The molecular weight excluding hydrogens is 174 g/mol. The summed E-state index contributed by atoms with van der Waals surface area (Å²) < 4.78 is 31.6. The first kappa shape index (κ1) is 12.8. The van der Waals surface area contributed by atoms with Crippen LogP contribution in [0.2, 0.25) is 0 Å². The summed E-state index contributed by atoms with van der Waals surface area (Å²) in [5.74, 6) is -0.124. The molecule has 0 aromatic rings. The van der Waals surface area contributed by atoms with Gasteiger partial charge in [-0.15, -0.1) is 0 Å². The van der Waals surface area contributed by atoms with E-state index in [1.807, 2.05) is 0 Å². The van der Waals surface area contributed by atoms with Gasteiger partial charge in [-0.3, -0.25) is 0 Å². The first-order valence-corrected chi connectivity index (χ1v) is 4.67. The average Bonchev–Trinajstić information content (AvgIpc) is 1.83. The molecule has 0 aliphatic carbocycles. The number of hydrogen-bond acceptors (Lipinski definition) is 1. The van der Waals surface area contributed by atoms with E-state index in [0.717, 1.165) is 0 Å². The van der Waals surface area contributed by atoms with Crippen molar-refractivity contribution < 1.29 is 13.5 Å². The molecule has 0 unspecified atom stereocenters. The first-order chi connectivity index (χ1) is 5.61. The van der Waals surface area contributed by atoms with Gasteiger partial charge in [-0.25, -0.2) is 0 Å². The molecule has 3 heteroatoms. The van der Waals surface area contributed by atoms with Crippen LogP contribution in [0.5, 0.6) is 0 Å². The highest BCUT2D eigenvalue weighted by Gasteiger charge is 2.50. The predicted octanol–water partition coefficient (Wildman–Crippen LogP) is 3.69. The molecule has 0 rings (SSSR count). The Morgan fingerprint density at radius 2 is 1.38 bits per heavy atom. The van der Waals surface area contributed by atoms with E-state index >= 15 is 0 Å². The molecule has 0 aliphatic heterocycles. The van der Waals surface area contributed by atoms with Crippen LogP contribution in [0.25, 0.3) is 0 Å². The molecule has 1 nitrogen and oxygen atoms in total. The Morgan fingerprint density at radius 3 is 1.62 bits per heavy atom. The number of hydrogen-bond donors (Lipinski definition) is 0. The maximum Gasteiger partial charge on any atom is 0.361 e. The second-order valence-corrected chi connectivity index (χ2v) is 4.56. The van der Waals surface area contributed by atoms with Crippen LogP contribution in [0.1, 0.15) is 41.5 Å². The summed E-state index contributed by atoms with van der Waals surface area (Å²) in [6, 6.07) is 0. The van der Waals surface area contributed by atoms with Gasteiger partial charge in [-0.1, -0.05) is 27.7 Å². The molecule has 80 valence electrons. The summed E-state index contributed by atoms with van der Waals surface area (Å²) in [4.78, 5) is 0. The summed E-state index contributed by atoms with van der Waals surface area (Å²) in [5.41, 5.74) is -1.13. The predicted molar refractivity (Wildman–Crippen MR) is 49.8 cm³/mol. The van der Waals surface area contributed by atoms with E-state index in [4.69, 9.17) is 0 Å². The fourth-order valence-corrected chi connectivity index (χ4v) is 0.784. The van der Waals surface area contributed by atoms with Gasteiger partial charge >= 0.3 is 6.11 Å². The van der Waals surface area contributed by atoms with Crippen LogP contribution in [0.4, 0.5) is 8.78 Å². The van der Waals surface area contributed by atoms with Crippen LogP contribution in [0.15, 0.2) is 0 Å². The third kappa shape index (κ3) is 2.90. The lowest BCUT2D eigenvalue weighted by Crippen LogP contribution is -2.44. The molecule has 0 N–H and O–H groups in total. The fourth-order valence-electron chi connectivity index (χ4n) is 0.784. The summed E-state index contributed by atoms with van der Waals surface area (Å²) in [6.07, 6.45) is -3.51. The molecule has 0 spiro atoms. The first-order valence-electron chi connectivity index (χ1n) is 4.67. The van der Waals surface area contributed by atoms with E-state index in [2.05, 4.69) is 4.74 Å². The molecule has 0 aromatic heterocycles. The minimum absolute atomic E-state index is 0.124. The maximum atomic E-state index is 13.5. The van der Waals surface area contributed by atoms with Gasteiger partial charge in [-0.2, -0.15) is 8.78 Å². The Kier molecular flexibility index (Phi) is 3.85. The van der Waals surface area contributed by atoms with Crippen molar-refractivity contribution in [1.29, 1.82) is 0 Å².